The van der Waals surface area contributed by atoms with Crippen LogP contribution in [0.2, 0.25) is 0 Å². The number of likely N-dealkylation sites (N-methyl/N-ethyl adjacent to an activating group) is 1. The van der Waals surface area contributed by atoms with Crippen molar-refractivity contribution >= 4 is 17.6 Å². The maximum Gasteiger partial charge on any atom is 0.344 e. The predicted molar refractivity (Wildman–Crippen MR) is 71.9 cm³/mol. The molecule has 0 aliphatic carbocycles. The summed E-state index contributed by atoms with van der Waals surface area (Å²) in [5, 5.41) is 0. The van der Waals surface area contributed by atoms with E-state index in [1.807, 2.05) is 37.3 Å². The molecule has 19 heavy (non-hydrogen) atoms. The van der Waals surface area contributed by atoms with Gasteiger partial charge in [0.25, 0.3) is 0 Å². The highest BCUT2D eigenvalue weighted by molar-refractivity contribution is 5.75. The highest BCUT2D eigenvalue weighted by Crippen LogP contribution is 2.11. The molecule has 0 N–H and O–H groups in total. The maximum atomic E-state index is 11.2. The van der Waals surface area contributed by atoms with Gasteiger partial charge in [0.15, 0.2) is 6.61 Å². The Morgan fingerprint density at radius 1 is 1.16 bits per heavy atom. The predicted octanol–water partition coefficient (Wildman–Crippen LogP) is 1.62. The first kappa shape index (κ1) is 15.0. The summed E-state index contributed by atoms with van der Waals surface area (Å²) in [6.07, 6.45) is 0. The quantitative estimate of drug-likeness (QED) is 0.701. The molecule has 5 nitrogen and oxygen atoms in total. The van der Waals surface area contributed by atoms with Crippen molar-refractivity contribution in [2.75, 3.05) is 31.2 Å². The number of rotatable bonds is 7. The minimum atomic E-state index is -0.528. The van der Waals surface area contributed by atoms with Crippen LogP contribution in [0.5, 0.6) is 0 Å². The lowest BCUT2D eigenvalue weighted by atomic mass is 10.3. The topological polar surface area (TPSA) is 55.8 Å². The normalized spacial score (nSPS) is 9.79. The number of benzene rings is 1. The number of carbonyl (C=O) groups is 2. The summed E-state index contributed by atoms with van der Waals surface area (Å²) in [6, 6.07) is 9.89. The molecule has 0 fully saturated rings. The van der Waals surface area contributed by atoms with Crippen LogP contribution in [0.15, 0.2) is 30.3 Å². The molecule has 0 aromatic heterocycles. The second kappa shape index (κ2) is 8.13. The van der Waals surface area contributed by atoms with Gasteiger partial charge in [-0.15, -0.1) is 0 Å². The molecular weight excluding hydrogens is 246 g/mol. The molecule has 1 aromatic carbocycles. The molecule has 0 bridgehead atoms. The van der Waals surface area contributed by atoms with Crippen LogP contribution in [0.1, 0.15) is 13.8 Å². The molecule has 1 aromatic rings. The zero-order valence-electron chi connectivity index (χ0n) is 11.3. The maximum absolute atomic E-state index is 11.2. The van der Waals surface area contributed by atoms with Gasteiger partial charge >= 0.3 is 11.9 Å². The summed E-state index contributed by atoms with van der Waals surface area (Å²) >= 11 is 0. The second-order valence-corrected chi connectivity index (χ2v) is 3.92. The molecular formula is C14H19NO4. The summed E-state index contributed by atoms with van der Waals surface area (Å²) in [4.78, 5) is 23.9. The molecule has 0 heterocycles. The van der Waals surface area contributed by atoms with Gasteiger partial charge in [0.1, 0.15) is 6.61 Å². The molecule has 104 valence electrons. The van der Waals surface area contributed by atoms with E-state index >= 15 is 0 Å². The Labute approximate surface area is 113 Å². The molecule has 0 atom stereocenters. The lowest BCUT2D eigenvalue weighted by Gasteiger charge is -2.22. The van der Waals surface area contributed by atoms with Crippen molar-refractivity contribution in [2.24, 2.45) is 0 Å². The van der Waals surface area contributed by atoms with Crippen LogP contribution in [0, 0.1) is 0 Å². The molecule has 0 saturated heterocycles. The summed E-state index contributed by atoms with van der Waals surface area (Å²) in [7, 11) is 0. The molecule has 0 aliphatic heterocycles. The minimum Gasteiger partial charge on any atom is -0.461 e. The van der Waals surface area contributed by atoms with E-state index in [1.165, 1.54) is 6.92 Å². The van der Waals surface area contributed by atoms with Crippen molar-refractivity contribution in [2.45, 2.75) is 13.8 Å². The van der Waals surface area contributed by atoms with E-state index in [9.17, 15) is 9.59 Å². The average molecular weight is 265 g/mol. The summed E-state index contributed by atoms with van der Waals surface area (Å²) in [6.45, 7) is 4.66. The molecule has 0 amide bonds. The fourth-order valence-electron chi connectivity index (χ4n) is 1.58. The van der Waals surface area contributed by atoms with Gasteiger partial charge in [0.2, 0.25) is 0 Å². The van der Waals surface area contributed by atoms with E-state index in [0.29, 0.717) is 6.54 Å². The average Bonchev–Trinajstić information content (AvgIpc) is 2.42. The highest BCUT2D eigenvalue weighted by atomic mass is 16.6. The van der Waals surface area contributed by atoms with Gasteiger partial charge < -0.3 is 14.4 Å². The van der Waals surface area contributed by atoms with Crippen molar-refractivity contribution in [3.05, 3.63) is 30.3 Å². The number of para-hydroxylation sites is 1. The third kappa shape index (κ3) is 5.90. The molecule has 0 radical (unpaired) electrons. The summed E-state index contributed by atoms with van der Waals surface area (Å²) in [5.74, 6) is -1.02. The van der Waals surface area contributed by atoms with Gasteiger partial charge in [-0.05, 0) is 19.1 Å². The van der Waals surface area contributed by atoms with E-state index in [4.69, 9.17) is 4.74 Å². The Hall–Kier alpha value is -2.04. The minimum absolute atomic E-state index is 0.267. The van der Waals surface area contributed by atoms with Crippen LogP contribution in [-0.4, -0.2) is 38.2 Å². The fourth-order valence-corrected chi connectivity index (χ4v) is 1.58. The largest absolute Gasteiger partial charge is 0.461 e. The van der Waals surface area contributed by atoms with Crippen LogP contribution in [-0.2, 0) is 19.1 Å². The van der Waals surface area contributed by atoms with Crippen LogP contribution >= 0.6 is 0 Å². The molecule has 0 spiro atoms. The van der Waals surface area contributed by atoms with Crippen LogP contribution < -0.4 is 4.90 Å². The lowest BCUT2D eigenvalue weighted by Crippen LogP contribution is -2.28. The number of esters is 2. The van der Waals surface area contributed by atoms with Crippen molar-refractivity contribution in [1.82, 2.24) is 0 Å². The first-order valence-corrected chi connectivity index (χ1v) is 6.22. The number of hydrogen-bond acceptors (Lipinski definition) is 5. The van der Waals surface area contributed by atoms with Gasteiger partial charge in [-0.3, -0.25) is 4.79 Å². The zero-order valence-corrected chi connectivity index (χ0v) is 11.3. The SMILES string of the molecule is CCN(CCOC(=O)COC(C)=O)c1ccccc1. The number of ether oxygens (including phenoxy) is 2. The molecule has 0 aliphatic rings. The third-order valence-corrected chi connectivity index (χ3v) is 2.52. The van der Waals surface area contributed by atoms with E-state index in [-0.39, 0.29) is 13.2 Å². The zero-order chi connectivity index (χ0) is 14.1. The standard InChI is InChI=1S/C14H19NO4/c1-3-15(13-7-5-4-6-8-13)9-10-18-14(17)11-19-12(2)16/h4-8H,3,9-11H2,1-2H3. The van der Waals surface area contributed by atoms with Crippen molar-refractivity contribution in [1.29, 1.82) is 0 Å². The summed E-state index contributed by atoms with van der Waals surface area (Å²) in [5.41, 5.74) is 1.08. The summed E-state index contributed by atoms with van der Waals surface area (Å²) < 4.78 is 9.53. The molecule has 0 unspecified atom stereocenters. The smallest absolute Gasteiger partial charge is 0.344 e. The van der Waals surface area contributed by atoms with Crippen molar-refractivity contribution < 1.29 is 19.1 Å². The van der Waals surface area contributed by atoms with E-state index < -0.39 is 11.9 Å². The number of carbonyl (C=O) groups excluding carboxylic acids is 2. The number of hydrogen-bond donors (Lipinski definition) is 0. The molecule has 5 heteroatoms. The molecule has 0 saturated carbocycles. The van der Waals surface area contributed by atoms with Crippen LogP contribution in [0.25, 0.3) is 0 Å². The van der Waals surface area contributed by atoms with E-state index in [0.717, 1.165) is 12.2 Å². The van der Waals surface area contributed by atoms with Gasteiger partial charge in [0.05, 0.1) is 6.54 Å². The van der Waals surface area contributed by atoms with Gasteiger partial charge in [-0.1, -0.05) is 18.2 Å². The van der Waals surface area contributed by atoms with Crippen molar-refractivity contribution in [3.8, 4) is 0 Å². The first-order valence-electron chi connectivity index (χ1n) is 6.22. The number of nitrogens with zero attached hydrogens (tertiary/aromatic N) is 1. The van der Waals surface area contributed by atoms with E-state index in [1.54, 1.807) is 0 Å². The highest BCUT2D eigenvalue weighted by Gasteiger charge is 2.07. The monoisotopic (exact) mass is 265 g/mol. The Bertz CT molecular complexity index is 405. The lowest BCUT2D eigenvalue weighted by molar-refractivity contribution is -0.157. The third-order valence-electron chi connectivity index (χ3n) is 2.52. The van der Waals surface area contributed by atoms with Gasteiger partial charge in [-0.2, -0.15) is 0 Å². The fraction of sp³-hybridized carbons (Fsp3) is 0.429. The van der Waals surface area contributed by atoms with E-state index in [2.05, 4.69) is 9.64 Å². The van der Waals surface area contributed by atoms with Crippen molar-refractivity contribution in [3.63, 3.8) is 0 Å². The Morgan fingerprint density at radius 2 is 1.84 bits per heavy atom. The van der Waals surface area contributed by atoms with Crippen LogP contribution in [0.4, 0.5) is 5.69 Å². The Balaban J connectivity index is 2.31. The Kier molecular flexibility index (Phi) is 6.43. The Morgan fingerprint density at radius 3 is 2.42 bits per heavy atom. The molecule has 1 rings (SSSR count). The van der Waals surface area contributed by atoms with Crippen LogP contribution in [0.3, 0.4) is 0 Å². The first-order chi connectivity index (χ1) is 9.13. The number of anilines is 1. The van der Waals surface area contributed by atoms with Gasteiger partial charge in [-0.25, -0.2) is 4.79 Å². The second-order valence-electron chi connectivity index (χ2n) is 3.92. The van der Waals surface area contributed by atoms with Gasteiger partial charge in [0, 0.05) is 19.2 Å².